The van der Waals surface area contributed by atoms with Crippen LogP contribution in [0.1, 0.15) is 25.3 Å². The summed E-state index contributed by atoms with van der Waals surface area (Å²) in [5.74, 6) is 0.320. The molecule has 0 atom stereocenters. The number of halogens is 1. The summed E-state index contributed by atoms with van der Waals surface area (Å²) >= 11 is 1.50. The molecule has 0 radical (unpaired) electrons. The molecular weight excluding hydrogens is 275 g/mol. The third kappa shape index (κ3) is 4.61. The molecule has 0 aliphatic rings. The highest BCUT2D eigenvalue weighted by Crippen LogP contribution is 2.23. The zero-order chi connectivity index (χ0) is 14.4. The first-order chi connectivity index (χ1) is 9.65. The van der Waals surface area contributed by atoms with Gasteiger partial charge in [-0.25, -0.2) is 4.39 Å². The highest BCUT2D eigenvalue weighted by molar-refractivity contribution is 7.14. The molecule has 20 heavy (non-hydrogen) atoms. The van der Waals surface area contributed by atoms with Crippen molar-refractivity contribution >= 4 is 11.3 Å². The Morgan fingerprint density at radius 1 is 1.30 bits per heavy atom. The standard InChI is InChI=1S/C14H19FN4S/c1-10(2)7-16-5-3-4-13-18-19-14(20-13)11-6-12(15)9-17-8-11/h6,8-10,16H,3-5,7H2,1-2H3. The number of aromatic nitrogens is 3. The molecule has 2 heterocycles. The maximum atomic E-state index is 13.1. The van der Waals surface area contributed by atoms with Crippen molar-refractivity contribution in [2.24, 2.45) is 5.92 Å². The summed E-state index contributed by atoms with van der Waals surface area (Å²) in [6.07, 6.45) is 4.72. The van der Waals surface area contributed by atoms with E-state index in [-0.39, 0.29) is 5.82 Å². The fourth-order valence-electron chi connectivity index (χ4n) is 1.76. The fraction of sp³-hybridized carbons (Fsp3) is 0.500. The Balaban J connectivity index is 1.83. The Labute approximate surface area is 122 Å². The maximum absolute atomic E-state index is 13.1. The maximum Gasteiger partial charge on any atom is 0.149 e. The summed E-state index contributed by atoms with van der Waals surface area (Å²) in [5.41, 5.74) is 0.687. The first kappa shape index (κ1) is 15.0. The van der Waals surface area contributed by atoms with E-state index in [2.05, 4.69) is 34.3 Å². The highest BCUT2D eigenvalue weighted by Gasteiger charge is 2.07. The van der Waals surface area contributed by atoms with Gasteiger partial charge in [-0.3, -0.25) is 4.98 Å². The van der Waals surface area contributed by atoms with Crippen LogP contribution in [0.25, 0.3) is 10.6 Å². The van der Waals surface area contributed by atoms with Gasteiger partial charge in [0.2, 0.25) is 0 Å². The van der Waals surface area contributed by atoms with E-state index in [1.54, 1.807) is 6.20 Å². The van der Waals surface area contributed by atoms with E-state index in [0.717, 1.165) is 35.9 Å². The van der Waals surface area contributed by atoms with Crippen LogP contribution >= 0.6 is 11.3 Å². The minimum atomic E-state index is -0.350. The number of nitrogens with one attached hydrogen (secondary N) is 1. The van der Waals surface area contributed by atoms with Crippen LogP contribution in [0.3, 0.4) is 0 Å². The summed E-state index contributed by atoms with van der Waals surface area (Å²) in [4.78, 5) is 3.83. The van der Waals surface area contributed by atoms with Crippen molar-refractivity contribution in [2.75, 3.05) is 13.1 Å². The first-order valence-electron chi connectivity index (χ1n) is 6.79. The van der Waals surface area contributed by atoms with Crippen LogP contribution < -0.4 is 5.32 Å². The van der Waals surface area contributed by atoms with E-state index in [4.69, 9.17) is 0 Å². The Hall–Kier alpha value is -1.40. The third-order valence-corrected chi connectivity index (χ3v) is 3.75. The topological polar surface area (TPSA) is 50.7 Å². The fourth-order valence-corrected chi connectivity index (χ4v) is 2.62. The van der Waals surface area contributed by atoms with Crippen LogP contribution in [0.5, 0.6) is 0 Å². The highest BCUT2D eigenvalue weighted by atomic mass is 32.1. The molecule has 0 aliphatic carbocycles. The van der Waals surface area contributed by atoms with Gasteiger partial charge in [0, 0.05) is 18.2 Å². The van der Waals surface area contributed by atoms with Gasteiger partial charge < -0.3 is 5.32 Å². The second-order valence-corrected chi connectivity index (χ2v) is 6.16. The molecule has 0 amide bonds. The molecule has 108 valence electrons. The predicted molar refractivity (Wildman–Crippen MR) is 79.1 cm³/mol. The van der Waals surface area contributed by atoms with E-state index in [1.165, 1.54) is 23.6 Å². The lowest BCUT2D eigenvalue weighted by molar-refractivity contribution is 0.542. The quantitative estimate of drug-likeness (QED) is 0.798. The molecule has 0 unspecified atom stereocenters. The Morgan fingerprint density at radius 2 is 2.15 bits per heavy atom. The summed E-state index contributed by atoms with van der Waals surface area (Å²) in [6, 6.07) is 1.43. The molecule has 0 saturated heterocycles. The van der Waals surface area contributed by atoms with Crippen molar-refractivity contribution in [1.82, 2.24) is 20.5 Å². The molecule has 2 aromatic rings. The average Bonchev–Trinajstić information content (AvgIpc) is 2.87. The van der Waals surface area contributed by atoms with E-state index in [0.29, 0.717) is 11.5 Å². The summed E-state index contributed by atoms with van der Waals surface area (Å²) in [7, 11) is 0. The monoisotopic (exact) mass is 294 g/mol. The third-order valence-electron chi connectivity index (χ3n) is 2.72. The zero-order valence-corrected chi connectivity index (χ0v) is 12.6. The Morgan fingerprint density at radius 3 is 2.90 bits per heavy atom. The van der Waals surface area contributed by atoms with E-state index < -0.39 is 0 Å². The Kier molecular flexibility index (Phi) is 5.55. The van der Waals surface area contributed by atoms with E-state index >= 15 is 0 Å². The predicted octanol–water partition coefficient (Wildman–Crippen LogP) is 2.92. The van der Waals surface area contributed by atoms with E-state index in [9.17, 15) is 4.39 Å². The van der Waals surface area contributed by atoms with Gasteiger partial charge in [0.05, 0.1) is 6.20 Å². The zero-order valence-electron chi connectivity index (χ0n) is 11.8. The summed E-state index contributed by atoms with van der Waals surface area (Å²) < 4.78 is 13.1. The van der Waals surface area contributed by atoms with Crippen LogP contribution in [0.2, 0.25) is 0 Å². The van der Waals surface area contributed by atoms with Crippen LogP contribution in [-0.2, 0) is 6.42 Å². The minimum Gasteiger partial charge on any atom is -0.316 e. The second kappa shape index (κ2) is 7.40. The average molecular weight is 294 g/mol. The van der Waals surface area contributed by atoms with E-state index in [1.807, 2.05) is 0 Å². The molecule has 4 nitrogen and oxygen atoms in total. The number of rotatable bonds is 7. The molecule has 0 fully saturated rings. The van der Waals surface area contributed by atoms with Crippen molar-refractivity contribution in [1.29, 1.82) is 0 Å². The second-order valence-electron chi connectivity index (χ2n) is 5.09. The number of nitrogens with zero attached hydrogens (tertiary/aromatic N) is 3. The van der Waals surface area contributed by atoms with Crippen molar-refractivity contribution in [3.05, 3.63) is 29.3 Å². The van der Waals surface area contributed by atoms with Gasteiger partial charge in [-0.2, -0.15) is 0 Å². The summed E-state index contributed by atoms with van der Waals surface area (Å²) in [6.45, 7) is 6.40. The Bertz CT molecular complexity index is 541. The molecule has 0 aliphatic heterocycles. The number of hydrogen-bond acceptors (Lipinski definition) is 5. The van der Waals surface area contributed by atoms with Gasteiger partial charge in [-0.15, -0.1) is 10.2 Å². The van der Waals surface area contributed by atoms with Gasteiger partial charge in [-0.1, -0.05) is 25.2 Å². The first-order valence-corrected chi connectivity index (χ1v) is 7.61. The molecular formula is C14H19FN4S. The van der Waals surface area contributed by atoms with Gasteiger partial charge in [0.1, 0.15) is 15.8 Å². The molecule has 1 N–H and O–H groups in total. The molecule has 0 aromatic carbocycles. The van der Waals surface area contributed by atoms with Gasteiger partial charge in [0.25, 0.3) is 0 Å². The number of hydrogen-bond donors (Lipinski definition) is 1. The minimum absolute atomic E-state index is 0.350. The van der Waals surface area contributed by atoms with Crippen molar-refractivity contribution in [2.45, 2.75) is 26.7 Å². The lowest BCUT2D eigenvalue weighted by Crippen LogP contribution is -2.21. The van der Waals surface area contributed by atoms with Crippen LogP contribution in [0, 0.1) is 11.7 Å². The van der Waals surface area contributed by atoms with Crippen LogP contribution in [0.15, 0.2) is 18.5 Å². The van der Waals surface area contributed by atoms with Crippen molar-refractivity contribution in [3.8, 4) is 10.6 Å². The van der Waals surface area contributed by atoms with Gasteiger partial charge >= 0.3 is 0 Å². The molecule has 2 aromatic heterocycles. The SMILES string of the molecule is CC(C)CNCCCc1nnc(-c2cncc(F)c2)s1. The molecule has 0 saturated carbocycles. The van der Waals surface area contributed by atoms with Crippen LogP contribution in [0.4, 0.5) is 4.39 Å². The normalized spacial score (nSPS) is 11.2. The van der Waals surface area contributed by atoms with Crippen molar-refractivity contribution in [3.63, 3.8) is 0 Å². The molecule has 0 bridgehead atoms. The molecule has 0 spiro atoms. The van der Waals surface area contributed by atoms with Gasteiger partial charge in [0.15, 0.2) is 0 Å². The summed E-state index contributed by atoms with van der Waals surface area (Å²) in [5, 5.41) is 13.3. The van der Waals surface area contributed by atoms with Crippen LogP contribution in [-0.4, -0.2) is 28.3 Å². The molecule has 2 rings (SSSR count). The van der Waals surface area contributed by atoms with Gasteiger partial charge in [-0.05, 0) is 31.5 Å². The van der Waals surface area contributed by atoms with Crippen molar-refractivity contribution < 1.29 is 4.39 Å². The lowest BCUT2D eigenvalue weighted by atomic mass is 10.2. The molecule has 6 heteroatoms. The lowest BCUT2D eigenvalue weighted by Gasteiger charge is -2.05. The smallest absolute Gasteiger partial charge is 0.149 e. The number of pyridine rings is 1. The largest absolute Gasteiger partial charge is 0.316 e. The number of aryl methyl sites for hydroxylation is 1.